The number of nitrogens with two attached hydrogens (primary N) is 1. The molecule has 2 heterocycles. The molecule has 0 aliphatic rings. The molecule has 0 aliphatic heterocycles. The Labute approximate surface area is 195 Å². The standard InChI is InChI=1S/C24H26N4O6/c1-16(2)13-27(19(29)15-34-20(30)11-10-18-9-6-12-33-18)21-22(25)28(24(32)26-23(21)31)14-17-7-4-3-5-8-17/h3-12,16H,13-15,25H2,1-2H3,(H,26,31,32)/b11-10+. The van der Waals surface area contributed by atoms with Gasteiger partial charge < -0.3 is 19.8 Å². The molecule has 0 saturated heterocycles. The number of carbonyl (C=O) groups is 2. The Kier molecular flexibility index (Phi) is 7.86. The van der Waals surface area contributed by atoms with Crippen LogP contribution in [0.5, 0.6) is 0 Å². The van der Waals surface area contributed by atoms with E-state index in [1.165, 1.54) is 16.9 Å². The number of hydrogen-bond acceptors (Lipinski definition) is 7. The summed E-state index contributed by atoms with van der Waals surface area (Å²) in [6.07, 6.45) is 3.98. The summed E-state index contributed by atoms with van der Waals surface area (Å²) in [5.41, 5.74) is 5.35. The molecule has 3 rings (SSSR count). The van der Waals surface area contributed by atoms with Crippen LogP contribution in [-0.2, 0) is 20.9 Å². The molecule has 3 N–H and O–H groups in total. The second kappa shape index (κ2) is 11.0. The van der Waals surface area contributed by atoms with Crippen LogP contribution in [0.2, 0.25) is 0 Å². The Hall–Kier alpha value is -4.34. The largest absolute Gasteiger partial charge is 0.465 e. The predicted molar refractivity (Wildman–Crippen MR) is 127 cm³/mol. The van der Waals surface area contributed by atoms with E-state index in [9.17, 15) is 19.2 Å². The molecule has 0 bridgehead atoms. The number of rotatable bonds is 9. The molecule has 0 unspecified atom stereocenters. The summed E-state index contributed by atoms with van der Waals surface area (Å²) in [4.78, 5) is 53.5. The molecule has 1 aromatic carbocycles. The zero-order valence-corrected chi connectivity index (χ0v) is 18.9. The van der Waals surface area contributed by atoms with Crippen molar-refractivity contribution in [2.24, 2.45) is 5.92 Å². The molecule has 0 saturated carbocycles. The zero-order valence-electron chi connectivity index (χ0n) is 18.9. The number of ether oxygens (including phenoxy) is 1. The average Bonchev–Trinajstić information content (AvgIpc) is 3.32. The van der Waals surface area contributed by atoms with Gasteiger partial charge in [-0.25, -0.2) is 9.59 Å². The SMILES string of the molecule is CC(C)CN(C(=O)COC(=O)/C=C/c1ccco1)c1c(N)n(Cc2ccccc2)c(=O)[nH]c1=O. The van der Waals surface area contributed by atoms with E-state index in [0.717, 1.165) is 16.5 Å². The van der Waals surface area contributed by atoms with Gasteiger partial charge in [-0.1, -0.05) is 44.2 Å². The molecule has 178 valence electrons. The fraction of sp³-hybridized carbons (Fsp3) is 0.250. The maximum Gasteiger partial charge on any atom is 0.331 e. The Balaban J connectivity index is 1.85. The van der Waals surface area contributed by atoms with Crippen molar-refractivity contribution in [3.63, 3.8) is 0 Å². The maximum absolute atomic E-state index is 13.0. The minimum atomic E-state index is -0.801. The fourth-order valence-corrected chi connectivity index (χ4v) is 3.24. The van der Waals surface area contributed by atoms with Crippen LogP contribution in [-0.4, -0.2) is 34.6 Å². The third kappa shape index (κ3) is 6.12. The molecular weight excluding hydrogens is 440 g/mol. The molecule has 3 aromatic rings. The van der Waals surface area contributed by atoms with E-state index >= 15 is 0 Å². The van der Waals surface area contributed by atoms with Gasteiger partial charge in [0.2, 0.25) is 0 Å². The molecule has 10 nitrogen and oxygen atoms in total. The van der Waals surface area contributed by atoms with Gasteiger partial charge in [-0.15, -0.1) is 0 Å². The molecule has 10 heteroatoms. The van der Waals surface area contributed by atoms with Crippen LogP contribution in [0, 0.1) is 5.92 Å². The number of aromatic nitrogens is 2. The monoisotopic (exact) mass is 466 g/mol. The number of nitrogens with zero attached hydrogens (tertiary/aromatic N) is 2. The molecule has 0 fully saturated rings. The van der Waals surface area contributed by atoms with Gasteiger partial charge >= 0.3 is 11.7 Å². The van der Waals surface area contributed by atoms with Gasteiger partial charge in [-0.05, 0) is 29.7 Å². The van der Waals surface area contributed by atoms with Gasteiger partial charge in [0.15, 0.2) is 12.3 Å². The predicted octanol–water partition coefficient (Wildman–Crippen LogP) is 2.01. The number of hydrogen-bond donors (Lipinski definition) is 2. The van der Waals surface area contributed by atoms with Crippen molar-refractivity contribution in [1.82, 2.24) is 9.55 Å². The molecule has 1 amide bonds. The summed E-state index contributed by atoms with van der Waals surface area (Å²) in [6.45, 7) is 3.30. The second-order valence-electron chi connectivity index (χ2n) is 7.92. The van der Waals surface area contributed by atoms with Gasteiger partial charge in [-0.2, -0.15) is 0 Å². The van der Waals surface area contributed by atoms with Crippen LogP contribution in [0.3, 0.4) is 0 Å². The first-order valence-electron chi connectivity index (χ1n) is 10.6. The highest BCUT2D eigenvalue weighted by atomic mass is 16.5. The lowest BCUT2D eigenvalue weighted by Crippen LogP contribution is -2.44. The van der Waals surface area contributed by atoms with E-state index in [-0.39, 0.29) is 30.5 Å². The van der Waals surface area contributed by atoms with Gasteiger partial charge in [-0.3, -0.25) is 19.1 Å². The molecular formula is C24H26N4O6. The smallest absolute Gasteiger partial charge is 0.331 e. The van der Waals surface area contributed by atoms with Crippen molar-refractivity contribution in [1.29, 1.82) is 0 Å². The molecule has 34 heavy (non-hydrogen) atoms. The minimum Gasteiger partial charge on any atom is -0.465 e. The third-order valence-corrected chi connectivity index (χ3v) is 4.78. The topological polar surface area (TPSA) is 141 Å². The summed E-state index contributed by atoms with van der Waals surface area (Å²) < 4.78 is 11.3. The first kappa shape index (κ1) is 24.3. The number of furan rings is 1. The van der Waals surface area contributed by atoms with E-state index in [4.69, 9.17) is 14.9 Å². The highest BCUT2D eigenvalue weighted by Crippen LogP contribution is 2.19. The lowest BCUT2D eigenvalue weighted by Gasteiger charge is -2.26. The van der Waals surface area contributed by atoms with Crippen molar-refractivity contribution >= 4 is 29.5 Å². The van der Waals surface area contributed by atoms with Crippen LogP contribution in [0.15, 0.2) is 68.8 Å². The van der Waals surface area contributed by atoms with E-state index in [1.807, 2.05) is 44.2 Å². The number of carbonyl (C=O) groups excluding carboxylic acids is 2. The number of nitrogens with one attached hydrogen (secondary N) is 1. The van der Waals surface area contributed by atoms with Crippen molar-refractivity contribution < 1.29 is 18.7 Å². The first-order valence-corrected chi connectivity index (χ1v) is 10.6. The molecule has 0 radical (unpaired) electrons. The minimum absolute atomic E-state index is 0.0493. The Morgan fingerprint density at radius 1 is 1.18 bits per heavy atom. The number of H-pyrrole nitrogens is 1. The zero-order chi connectivity index (χ0) is 24.7. The highest BCUT2D eigenvalue weighted by Gasteiger charge is 2.25. The number of esters is 1. The quantitative estimate of drug-likeness (QED) is 0.363. The van der Waals surface area contributed by atoms with Crippen molar-refractivity contribution in [2.45, 2.75) is 20.4 Å². The Morgan fingerprint density at radius 2 is 1.91 bits per heavy atom. The summed E-state index contributed by atoms with van der Waals surface area (Å²) in [5.74, 6) is -1.17. The Bertz CT molecular complexity index is 1270. The highest BCUT2D eigenvalue weighted by molar-refractivity contribution is 5.98. The number of benzene rings is 1. The van der Waals surface area contributed by atoms with Crippen LogP contribution in [0.4, 0.5) is 11.5 Å². The van der Waals surface area contributed by atoms with Crippen LogP contribution >= 0.6 is 0 Å². The maximum atomic E-state index is 13.0. The summed E-state index contributed by atoms with van der Waals surface area (Å²) in [6, 6.07) is 12.4. The second-order valence-corrected chi connectivity index (χ2v) is 7.92. The third-order valence-electron chi connectivity index (χ3n) is 4.78. The Morgan fingerprint density at radius 3 is 2.56 bits per heavy atom. The van der Waals surface area contributed by atoms with Crippen molar-refractivity contribution in [3.05, 3.63) is 87.0 Å². The first-order chi connectivity index (χ1) is 16.3. The van der Waals surface area contributed by atoms with Crippen LogP contribution in [0.25, 0.3) is 6.08 Å². The lowest BCUT2D eigenvalue weighted by atomic mass is 10.2. The average molecular weight is 466 g/mol. The fourth-order valence-electron chi connectivity index (χ4n) is 3.24. The lowest BCUT2D eigenvalue weighted by molar-refractivity contribution is -0.142. The number of amides is 1. The van der Waals surface area contributed by atoms with Crippen molar-refractivity contribution in [3.8, 4) is 0 Å². The van der Waals surface area contributed by atoms with Gasteiger partial charge in [0, 0.05) is 12.6 Å². The normalized spacial score (nSPS) is 11.1. The molecule has 0 aliphatic carbocycles. The number of nitrogen functional groups attached to an aromatic ring is 1. The van der Waals surface area contributed by atoms with E-state index in [2.05, 4.69) is 4.98 Å². The summed E-state index contributed by atoms with van der Waals surface area (Å²) in [7, 11) is 0. The van der Waals surface area contributed by atoms with Crippen molar-refractivity contribution in [2.75, 3.05) is 23.8 Å². The number of anilines is 2. The van der Waals surface area contributed by atoms with Crippen LogP contribution in [0.1, 0.15) is 25.2 Å². The van der Waals surface area contributed by atoms with Gasteiger partial charge in [0.1, 0.15) is 11.6 Å². The van der Waals surface area contributed by atoms with Crippen LogP contribution < -0.4 is 21.9 Å². The molecule has 0 spiro atoms. The van der Waals surface area contributed by atoms with E-state index in [0.29, 0.717) is 5.76 Å². The number of aromatic amines is 1. The summed E-state index contributed by atoms with van der Waals surface area (Å²) >= 11 is 0. The van der Waals surface area contributed by atoms with Gasteiger partial charge in [0.25, 0.3) is 11.5 Å². The van der Waals surface area contributed by atoms with Gasteiger partial charge in [0.05, 0.1) is 12.8 Å². The summed E-state index contributed by atoms with van der Waals surface area (Å²) in [5, 5.41) is 0. The van der Waals surface area contributed by atoms with E-state index in [1.54, 1.807) is 12.1 Å². The van der Waals surface area contributed by atoms with E-state index < -0.39 is 29.7 Å². The molecule has 0 atom stereocenters. The molecule has 2 aromatic heterocycles.